The number of hydrogen-bond acceptors (Lipinski definition) is 4. The Balaban J connectivity index is 1.51. The molecular weight excluding hydrogens is 316 g/mol. The number of phenolic OH excluding ortho intramolecular Hbond substituents is 1. The van der Waals surface area contributed by atoms with E-state index in [2.05, 4.69) is 13.0 Å². The number of aryl methyl sites for hydroxylation is 1. The molecule has 0 unspecified atom stereocenters. The summed E-state index contributed by atoms with van der Waals surface area (Å²) >= 11 is 0. The van der Waals surface area contributed by atoms with Crippen molar-refractivity contribution in [2.24, 2.45) is 17.3 Å². The summed E-state index contributed by atoms with van der Waals surface area (Å²) in [6, 6.07) is 4.02. The van der Waals surface area contributed by atoms with Gasteiger partial charge in [-0.05, 0) is 73.1 Å². The minimum atomic E-state index is -0.324. The van der Waals surface area contributed by atoms with Crippen LogP contribution in [0.25, 0.3) is 0 Å². The van der Waals surface area contributed by atoms with Crippen molar-refractivity contribution in [2.75, 3.05) is 20.3 Å². The van der Waals surface area contributed by atoms with E-state index in [4.69, 9.17) is 14.2 Å². The highest BCUT2D eigenvalue weighted by Gasteiger charge is 2.65. The maximum absolute atomic E-state index is 10.1. The van der Waals surface area contributed by atoms with Gasteiger partial charge in [0.25, 0.3) is 0 Å². The Kier molecular flexibility index (Phi) is 3.43. The van der Waals surface area contributed by atoms with E-state index >= 15 is 0 Å². The lowest BCUT2D eigenvalue weighted by atomic mass is 9.55. The van der Waals surface area contributed by atoms with Crippen molar-refractivity contribution in [3.05, 3.63) is 23.3 Å². The van der Waals surface area contributed by atoms with Gasteiger partial charge in [0.15, 0.2) is 17.3 Å². The van der Waals surface area contributed by atoms with E-state index in [1.165, 1.54) is 30.4 Å². The van der Waals surface area contributed by atoms with Crippen LogP contribution in [0.5, 0.6) is 11.5 Å². The van der Waals surface area contributed by atoms with Crippen LogP contribution >= 0.6 is 0 Å². The smallest absolute Gasteiger partial charge is 0.174 e. The molecule has 1 N–H and O–H groups in total. The fourth-order valence-electron chi connectivity index (χ4n) is 6.64. The molecule has 1 heterocycles. The standard InChI is InChI=1S/C21H28O4/c1-20-7-5-14-15(17(20)6-8-21(20)24-9-10-25-21)4-3-13-11-18(22)19(23-2)12-16(13)14/h11-12,14-15,17,22H,3-10H2,1-2H3/t14-,15+,17-,20-/m0/s1. The summed E-state index contributed by atoms with van der Waals surface area (Å²) in [6.07, 6.45) is 6.84. The van der Waals surface area contributed by atoms with Crippen molar-refractivity contribution < 1.29 is 19.3 Å². The number of methoxy groups -OCH3 is 1. The van der Waals surface area contributed by atoms with Gasteiger partial charge in [0, 0.05) is 11.8 Å². The summed E-state index contributed by atoms with van der Waals surface area (Å²) in [5.74, 6) is 2.49. The number of hydrogen-bond donors (Lipinski definition) is 1. The lowest BCUT2D eigenvalue weighted by Crippen LogP contribution is -2.51. The minimum absolute atomic E-state index is 0.142. The first kappa shape index (κ1) is 16.0. The number of aromatic hydroxyl groups is 1. The van der Waals surface area contributed by atoms with E-state index in [1.54, 1.807) is 7.11 Å². The molecule has 3 fully saturated rings. The normalized spacial score (nSPS) is 38.2. The molecule has 0 aromatic heterocycles. The van der Waals surface area contributed by atoms with Crippen LogP contribution in [0.2, 0.25) is 0 Å². The van der Waals surface area contributed by atoms with Crippen LogP contribution < -0.4 is 4.74 Å². The summed E-state index contributed by atoms with van der Waals surface area (Å²) in [5.41, 5.74) is 2.86. The van der Waals surface area contributed by atoms with Crippen molar-refractivity contribution in [1.82, 2.24) is 0 Å². The van der Waals surface area contributed by atoms with Crippen LogP contribution in [0.1, 0.15) is 56.1 Å². The Bertz CT molecular complexity index is 693. The second kappa shape index (κ2) is 5.37. The molecule has 3 aliphatic carbocycles. The van der Waals surface area contributed by atoms with E-state index in [9.17, 15) is 5.11 Å². The zero-order valence-corrected chi connectivity index (χ0v) is 15.2. The number of phenols is 1. The second-order valence-electron chi connectivity index (χ2n) is 8.58. The quantitative estimate of drug-likeness (QED) is 0.836. The Hall–Kier alpha value is -1.26. The SMILES string of the molecule is COc1cc2c(cc1O)CC[C@@H]1[C@@H]2CC[C@@]2(C)[C@H]1CCC21OCCO1. The molecule has 2 saturated carbocycles. The molecule has 4 heteroatoms. The third-order valence-corrected chi connectivity index (χ3v) is 7.82. The molecule has 4 atom stereocenters. The van der Waals surface area contributed by atoms with E-state index in [1.807, 2.05) is 6.07 Å². The van der Waals surface area contributed by atoms with E-state index < -0.39 is 0 Å². The zero-order valence-electron chi connectivity index (χ0n) is 15.2. The van der Waals surface area contributed by atoms with Crippen LogP contribution in [-0.2, 0) is 15.9 Å². The third-order valence-electron chi connectivity index (χ3n) is 7.82. The van der Waals surface area contributed by atoms with Gasteiger partial charge in [-0.2, -0.15) is 0 Å². The van der Waals surface area contributed by atoms with Crippen molar-refractivity contribution >= 4 is 0 Å². The predicted molar refractivity (Wildman–Crippen MR) is 93.9 cm³/mol. The highest BCUT2D eigenvalue weighted by molar-refractivity contribution is 5.49. The largest absolute Gasteiger partial charge is 0.504 e. The highest BCUT2D eigenvalue weighted by atomic mass is 16.7. The molecule has 25 heavy (non-hydrogen) atoms. The molecule has 4 aliphatic rings. The molecule has 0 bridgehead atoms. The molecule has 136 valence electrons. The number of benzene rings is 1. The van der Waals surface area contributed by atoms with Gasteiger partial charge in [-0.1, -0.05) is 6.92 Å². The van der Waals surface area contributed by atoms with Gasteiger partial charge in [0.2, 0.25) is 0 Å². The van der Waals surface area contributed by atoms with Crippen molar-refractivity contribution in [2.45, 2.75) is 57.2 Å². The molecule has 1 aromatic rings. The average Bonchev–Trinajstić information content (AvgIpc) is 3.21. The molecule has 1 aromatic carbocycles. The summed E-state index contributed by atoms with van der Waals surface area (Å²) in [5, 5.41) is 10.1. The van der Waals surface area contributed by atoms with Crippen LogP contribution in [-0.4, -0.2) is 31.2 Å². The number of ether oxygens (including phenoxy) is 3. The Morgan fingerprint density at radius 3 is 2.68 bits per heavy atom. The number of rotatable bonds is 1. The van der Waals surface area contributed by atoms with Gasteiger partial charge in [-0.25, -0.2) is 0 Å². The molecule has 1 aliphatic heterocycles. The third kappa shape index (κ3) is 2.01. The minimum Gasteiger partial charge on any atom is -0.504 e. The lowest BCUT2D eigenvalue weighted by molar-refractivity contribution is -0.237. The topological polar surface area (TPSA) is 47.9 Å². The Morgan fingerprint density at radius 2 is 1.92 bits per heavy atom. The Morgan fingerprint density at radius 1 is 1.12 bits per heavy atom. The fourth-order valence-corrected chi connectivity index (χ4v) is 6.64. The monoisotopic (exact) mass is 344 g/mol. The van der Waals surface area contributed by atoms with Gasteiger partial charge >= 0.3 is 0 Å². The summed E-state index contributed by atoms with van der Waals surface area (Å²) < 4.78 is 17.8. The predicted octanol–water partition coefficient (Wildman–Crippen LogP) is 4.00. The Labute approximate surface area is 149 Å². The zero-order chi connectivity index (χ0) is 17.2. The van der Waals surface area contributed by atoms with Gasteiger partial charge < -0.3 is 19.3 Å². The number of fused-ring (bicyclic) bond motifs is 6. The first-order valence-corrected chi connectivity index (χ1v) is 9.76. The van der Waals surface area contributed by atoms with Crippen molar-refractivity contribution in [3.8, 4) is 11.5 Å². The summed E-state index contributed by atoms with van der Waals surface area (Å²) in [4.78, 5) is 0. The lowest BCUT2D eigenvalue weighted by Gasteiger charge is -2.52. The molecule has 5 rings (SSSR count). The first-order chi connectivity index (χ1) is 12.1. The summed E-state index contributed by atoms with van der Waals surface area (Å²) in [6.45, 7) is 3.91. The molecule has 1 saturated heterocycles. The molecule has 0 radical (unpaired) electrons. The van der Waals surface area contributed by atoms with Gasteiger partial charge in [-0.3, -0.25) is 0 Å². The van der Waals surface area contributed by atoms with E-state index in [-0.39, 0.29) is 17.0 Å². The maximum atomic E-state index is 10.1. The molecule has 4 nitrogen and oxygen atoms in total. The van der Waals surface area contributed by atoms with E-state index in [0.29, 0.717) is 23.5 Å². The fraction of sp³-hybridized carbons (Fsp3) is 0.714. The molecule has 1 spiro atoms. The van der Waals surface area contributed by atoms with Crippen LogP contribution in [0.3, 0.4) is 0 Å². The maximum Gasteiger partial charge on any atom is 0.174 e. The van der Waals surface area contributed by atoms with Gasteiger partial charge in [-0.15, -0.1) is 0 Å². The van der Waals surface area contributed by atoms with E-state index in [0.717, 1.165) is 32.5 Å². The first-order valence-electron chi connectivity index (χ1n) is 9.76. The summed E-state index contributed by atoms with van der Waals surface area (Å²) in [7, 11) is 1.63. The van der Waals surface area contributed by atoms with Gasteiger partial charge in [0.05, 0.1) is 20.3 Å². The van der Waals surface area contributed by atoms with Crippen molar-refractivity contribution in [1.29, 1.82) is 0 Å². The molecule has 0 amide bonds. The van der Waals surface area contributed by atoms with Crippen LogP contribution in [0, 0.1) is 17.3 Å². The average molecular weight is 344 g/mol. The second-order valence-corrected chi connectivity index (χ2v) is 8.58. The molecular formula is C21H28O4. The van der Waals surface area contributed by atoms with Crippen molar-refractivity contribution in [3.63, 3.8) is 0 Å². The highest BCUT2D eigenvalue weighted by Crippen LogP contribution is 2.66. The van der Waals surface area contributed by atoms with Crippen LogP contribution in [0.4, 0.5) is 0 Å². The van der Waals surface area contributed by atoms with Crippen LogP contribution in [0.15, 0.2) is 12.1 Å². The van der Waals surface area contributed by atoms with Gasteiger partial charge in [0.1, 0.15) is 0 Å².